The number of para-hydroxylation sites is 1. The lowest BCUT2D eigenvalue weighted by molar-refractivity contribution is -0.145. The molecule has 3 amide bonds. The number of carbonyl (C=O) groups excluding carboxylic acids is 3. The predicted molar refractivity (Wildman–Crippen MR) is 146 cm³/mol. The van der Waals surface area contributed by atoms with Gasteiger partial charge in [-0.15, -0.1) is 11.8 Å². The molecule has 1 N–H and O–H groups in total. The summed E-state index contributed by atoms with van der Waals surface area (Å²) in [6, 6.07) is 5.79. The third-order valence-electron chi connectivity index (χ3n) is 8.29. The second-order valence-electron chi connectivity index (χ2n) is 10.5. The third kappa shape index (κ3) is 3.86. The van der Waals surface area contributed by atoms with Gasteiger partial charge in [0.15, 0.2) is 0 Å². The van der Waals surface area contributed by atoms with Gasteiger partial charge in [0.25, 0.3) is 5.91 Å². The molecule has 4 aliphatic heterocycles. The van der Waals surface area contributed by atoms with E-state index in [0.717, 1.165) is 6.42 Å². The highest BCUT2D eigenvalue weighted by Crippen LogP contribution is 2.66. The van der Waals surface area contributed by atoms with Crippen LogP contribution in [-0.2, 0) is 14.4 Å². The molecular weight excluding hydrogens is 510 g/mol. The van der Waals surface area contributed by atoms with Crippen molar-refractivity contribution < 1.29 is 19.5 Å². The fourth-order valence-corrected chi connectivity index (χ4v) is 9.06. The first-order chi connectivity index (χ1) is 17.7. The number of thioether (sulfide) groups is 1. The molecule has 1 unspecified atom stereocenters. The minimum absolute atomic E-state index is 0.0391. The first kappa shape index (κ1) is 26.3. The Morgan fingerprint density at radius 2 is 1.78 bits per heavy atom. The summed E-state index contributed by atoms with van der Waals surface area (Å²) in [4.78, 5) is 47.9. The topological polar surface area (TPSA) is 81.2 Å². The molecule has 0 aliphatic carbocycles. The maximum atomic E-state index is 14.5. The summed E-state index contributed by atoms with van der Waals surface area (Å²) >= 11 is 8.07. The second kappa shape index (κ2) is 9.79. The van der Waals surface area contributed by atoms with Crippen molar-refractivity contribution in [1.29, 1.82) is 0 Å². The van der Waals surface area contributed by atoms with Gasteiger partial charge >= 0.3 is 0 Å². The molecule has 37 heavy (non-hydrogen) atoms. The molecule has 1 spiro atoms. The van der Waals surface area contributed by atoms with Crippen LogP contribution in [0.25, 0.3) is 0 Å². The van der Waals surface area contributed by atoms with E-state index in [1.54, 1.807) is 33.7 Å². The van der Waals surface area contributed by atoms with Gasteiger partial charge in [0.1, 0.15) is 6.04 Å². The van der Waals surface area contributed by atoms with Crippen LogP contribution in [0.15, 0.2) is 48.6 Å². The number of anilines is 1. The number of rotatable bonds is 6. The Morgan fingerprint density at radius 3 is 2.46 bits per heavy atom. The van der Waals surface area contributed by atoms with Gasteiger partial charge in [0.2, 0.25) is 11.8 Å². The number of aliphatic hydroxyl groups excluding tert-OH is 1. The highest BCUT2D eigenvalue weighted by molar-refractivity contribution is 8.02. The number of amides is 3. The lowest BCUT2D eigenvalue weighted by atomic mass is 9.74. The Hall–Kier alpha value is -2.29. The van der Waals surface area contributed by atoms with E-state index in [0.29, 0.717) is 36.8 Å². The third-order valence-corrected chi connectivity index (χ3v) is 10.4. The standard InChI is InChI=1S/C28H34ClN3O4S/c1-4-14-30-15-8-12-27(3)21(24(30)34)22-25(35)32(18(5-2)17-33)23-26(36)31(16-9-13-28(22,23)37-27)20-11-7-6-10-19(20)29/h6-13,18,21-23,33H,4-5,14-17H2,1-3H3/t18-,21+,22-,23?,27-,28-/m0/s1. The Balaban J connectivity index is 1.68. The molecule has 4 aliphatic rings. The molecule has 2 saturated heterocycles. The average Bonchev–Trinajstić information content (AvgIpc) is 3.15. The zero-order valence-electron chi connectivity index (χ0n) is 21.5. The van der Waals surface area contributed by atoms with E-state index in [2.05, 4.69) is 6.08 Å². The zero-order valence-corrected chi connectivity index (χ0v) is 23.0. The molecule has 0 aromatic heterocycles. The first-order valence-electron chi connectivity index (χ1n) is 13.1. The molecule has 6 atom stereocenters. The number of likely N-dealkylation sites (tertiary alicyclic amines) is 1. The van der Waals surface area contributed by atoms with Crippen molar-refractivity contribution >= 4 is 46.8 Å². The molecule has 0 radical (unpaired) electrons. The van der Waals surface area contributed by atoms with E-state index in [1.807, 2.05) is 56.0 Å². The van der Waals surface area contributed by atoms with Crippen LogP contribution < -0.4 is 4.90 Å². The van der Waals surface area contributed by atoms with Gasteiger partial charge in [-0.25, -0.2) is 0 Å². The molecule has 1 aromatic rings. The number of aliphatic hydroxyl groups is 1. The Kier molecular flexibility index (Phi) is 6.96. The molecule has 1 aromatic carbocycles. The van der Waals surface area contributed by atoms with Crippen LogP contribution in [0, 0.1) is 11.8 Å². The van der Waals surface area contributed by atoms with Crippen molar-refractivity contribution in [2.75, 3.05) is 31.1 Å². The summed E-state index contributed by atoms with van der Waals surface area (Å²) < 4.78 is -1.59. The van der Waals surface area contributed by atoms with Gasteiger partial charge in [0, 0.05) is 24.4 Å². The van der Waals surface area contributed by atoms with Crippen LogP contribution >= 0.6 is 23.4 Å². The van der Waals surface area contributed by atoms with E-state index in [9.17, 15) is 19.5 Å². The Bertz CT molecular complexity index is 1170. The quantitative estimate of drug-likeness (QED) is 0.555. The predicted octanol–water partition coefficient (Wildman–Crippen LogP) is 3.51. The van der Waals surface area contributed by atoms with Crippen molar-refractivity contribution in [3.05, 3.63) is 53.6 Å². The number of hydrogen-bond acceptors (Lipinski definition) is 5. The number of nitrogens with zero attached hydrogens (tertiary/aromatic N) is 3. The van der Waals surface area contributed by atoms with Crippen molar-refractivity contribution in [3.8, 4) is 0 Å². The Labute approximate surface area is 227 Å². The SMILES string of the molecule is CCCN1CC=C[C@]2(C)S[C@]34C=CCN(c5ccccc5Cl)C(=O)C3N([C@@H](CC)CO)C(=O)[C@@H]4[C@@H]2C1=O. The number of halogens is 1. The summed E-state index contributed by atoms with van der Waals surface area (Å²) in [6.45, 7) is 7.14. The van der Waals surface area contributed by atoms with Crippen molar-refractivity contribution in [1.82, 2.24) is 9.80 Å². The first-order valence-corrected chi connectivity index (χ1v) is 14.3. The lowest BCUT2D eigenvalue weighted by Gasteiger charge is -2.39. The maximum absolute atomic E-state index is 14.5. The minimum atomic E-state index is -0.943. The van der Waals surface area contributed by atoms with Crippen LogP contribution in [0.5, 0.6) is 0 Å². The normalized spacial score (nSPS) is 33.8. The van der Waals surface area contributed by atoms with E-state index in [4.69, 9.17) is 11.6 Å². The van der Waals surface area contributed by atoms with Gasteiger partial charge in [-0.05, 0) is 31.9 Å². The fraction of sp³-hybridized carbons (Fsp3) is 0.536. The van der Waals surface area contributed by atoms with Crippen molar-refractivity contribution in [3.63, 3.8) is 0 Å². The van der Waals surface area contributed by atoms with E-state index in [-0.39, 0.29) is 24.3 Å². The zero-order chi connectivity index (χ0) is 26.5. The molecule has 0 saturated carbocycles. The molecule has 9 heteroatoms. The summed E-state index contributed by atoms with van der Waals surface area (Å²) in [5, 5.41) is 10.7. The number of benzene rings is 1. The second-order valence-corrected chi connectivity index (χ2v) is 12.7. The highest BCUT2D eigenvalue weighted by atomic mass is 35.5. The Morgan fingerprint density at radius 1 is 1.05 bits per heavy atom. The average molecular weight is 544 g/mol. The monoisotopic (exact) mass is 543 g/mol. The van der Waals surface area contributed by atoms with Gasteiger partial charge in [-0.2, -0.15) is 0 Å². The highest BCUT2D eigenvalue weighted by Gasteiger charge is 2.74. The van der Waals surface area contributed by atoms with Gasteiger partial charge in [-0.3, -0.25) is 14.4 Å². The smallest absolute Gasteiger partial charge is 0.251 e. The fourth-order valence-electron chi connectivity index (χ4n) is 6.68. The summed E-state index contributed by atoms with van der Waals surface area (Å²) in [6.07, 6.45) is 9.33. The minimum Gasteiger partial charge on any atom is -0.394 e. The molecule has 2 fully saturated rings. The molecule has 5 rings (SSSR count). The van der Waals surface area contributed by atoms with Gasteiger partial charge < -0.3 is 19.8 Å². The van der Waals surface area contributed by atoms with Crippen molar-refractivity contribution in [2.24, 2.45) is 11.8 Å². The summed E-state index contributed by atoms with van der Waals surface area (Å²) in [5.41, 5.74) is 0.581. The van der Waals surface area contributed by atoms with E-state index in [1.165, 1.54) is 0 Å². The largest absolute Gasteiger partial charge is 0.394 e. The maximum Gasteiger partial charge on any atom is 0.251 e. The molecule has 4 heterocycles. The summed E-state index contributed by atoms with van der Waals surface area (Å²) in [7, 11) is 0. The number of fused-ring (bicyclic) bond motifs is 2. The lowest BCUT2D eigenvalue weighted by Crippen LogP contribution is -2.56. The van der Waals surface area contributed by atoms with E-state index >= 15 is 0 Å². The number of carbonyl (C=O) groups is 3. The summed E-state index contributed by atoms with van der Waals surface area (Å²) in [5.74, 6) is -1.83. The molecule has 0 bridgehead atoms. The molecular formula is C28H34ClN3O4S. The van der Waals surface area contributed by atoms with Gasteiger partial charge in [0.05, 0.1) is 39.9 Å². The van der Waals surface area contributed by atoms with E-state index < -0.39 is 33.4 Å². The van der Waals surface area contributed by atoms with Crippen LogP contribution in [0.1, 0.15) is 33.6 Å². The van der Waals surface area contributed by atoms with Crippen molar-refractivity contribution in [2.45, 2.75) is 55.2 Å². The number of hydrogen-bond donors (Lipinski definition) is 1. The van der Waals surface area contributed by atoms with Gasteiger partial charge in [-0.1, -0.05) is 61.9 Å². The van der Waals surface area contributed by atoms with Crippen LogP contribution in [-0.4, -0.2) is 80.4 Å². The van der Waals surface area contributed by atoms with Crippen LogP contribution in [0.4, 0.5) is 5.69 Å². The van der Waals surface area contributed by atoms with Crippen LogP contribution in [0.3, 0.4) is 0 Å². The van der Waals surface area contributed by atoms with Crippen LogP contribution in [0.2, 0.25) is 5.02 Å². The molecule has 198 valence electrons. The molecule has 7 nitrogen and oxygen atoms in total.